The summed E-state index contributed by atoms with van der Waals surface area (Å²) in [5.74, 6) is 0.838. The lowest BCUT2D eigenvalue weighted by molar-refractivity contribution is 1.35. The molecule has 2 aromatic heterocycles. The van der Waals surface area contributed by atoms with Gasteiger partial charge in [-0.15, -0.1) is 0 Å². The lowest BCUT2D eigenvalue weighted by Gasteiger charge is -2.10. The molecule has 0 aliphatic rings. The highest BCUT2D eigenvalue weighted by Crippen LogP contribution is 2.33. The summed E-state index contributed by atoms with van der Waals surface area (Å²) in [7, 11) is 0. The third kappa shape index (κ3) is 2.13. The van der Waals surface area contributed by atoms with Crippen molar-refractivity contribution < 1.29 is 0 Å². The second-order valence-electron chi connectivity index (χ2n) is 5.64. The lowest BCUT2D eigenvalue weighted by Crippen LogP contribution is -1.98. The first kappa shape index (κ1) is 14.1. The largest absolute Gasteiger partial charge is 0.398 e. The van der Waals surface area contributed by atoms with Gasteiger partial charge in [0.1, 0.15) is 11.6 Å². The van der Waals surface area contributed by atoms with E-state index >= 15 is 0 Å². The molecule has 0 aliphatic heterocycles. The summed E-state index contributed by atoms with van der Waals surface area (Å²) in [6.07, 6.45) is 1.64. The predicted molar refractivity (Wildman–Crippen MR) is 99.0 cm³/mol. The molecule has 2 aromatic carbocycles. The van der Waals surface area contributed by atoms with E-state index in [1.165, 1.54) is 0 Å². The van der Waals surface area contributed by atoms with Crippen molar-refractivity contribution in [1.29, 1.82) is 0 Å². The number of anilines is 4. The van der Waals surface area contributed by atoms with Crippen LogP contribution in [-0.2, 0) is 0 Å². The Hall–Kier alpha value is -3.54. The summed E-state index contributed by atoms with van der Waals surface area (Å²) in [5.41, 5.74) is 26.7. The number of hydrogen-bond acceptors (Lipinski definition) is 6. The van der Waals surface area contributed by atoms with Crippen LogP contribution in [0.15, 0.2) is 42.6 Å². The van der Waals surface area contributed by atoms with Crippen LogP contribution in [0, 0.1) is 6.07 Å². The molecule has 0 spiro atoms. The molecule has 0 atom stereocenters. The van der Waals surface area contributed by atoms with E-state index in [4.69, 9.17) is 22.9 Å². The number of nitrogen functional groups attached to an aromatic ring is 4. The Morgan fingerprint density at radius 1 is 0.833 bits per heavy atom. The van der Waals surface area contributed by atoms with Gasteiger partial charge < -0.3 is 22.9 Å². The average molecular weight is 315 g/mol. The zero-order chi connectivity index (χ0) is 16.8. The van der Waals surface area contributed by atoms with E-state index in [0.717, 1.165) is 27.1 Å². The van der Waals surface area contributed by atoms with Crippen molar-refractivity contribution in [2.24, 2.45) is 0 Å². The zero-order valence-corrected chi connectivity index (χ0v) is 12.7. The van der Waals surface area contributed by atoms with Crippen LogP contribution in [-0.4, -0.2) is 9.97 Å². The highest BCUT2D eigenvalue weighted by Gasteiger charge is 2.10. The van der Waals surface area contributed by atoms with Gasteiger partial charge in [0, 0.05) is 45.4 Å². The molecule has 0 unspecified atom stereocenters. The second-order valence-corrected chi connectivity index (χ2v) is 5.64. The van der Waals surface area contributed by atoms with Crippen LogP contribution in [0.2, 0.25) is 0 Å². The fourth-order valence-electron chi connectivity index (χ4n) is 2.87. The summed E-state index contributed by atoms with van der Waals surface area (Å²) in [6, 6.07) is 14.0. The number of pyridine rings is 2. The average Bonchev–Trinajstić information content (AvgIpc) is 2.55. The van der Waals surface area contributed by atoms with Crippen LogP contribution in [0.5, 0.6) is 0 Å². The Balaban J connectivity index is 2.00. The number of hydrogen-bond donors (Lipinski definition) is 4. The Kier molecular flexibility index (Phi) is 2.93. The maximum absolute atomic E-state index is 6.17. The van der Waals surface area contributed by atoms with Crippen molar-refractivity contribution in [2.75, 3.05) is 22.9 Å². The topological polar surface area (TPSA) is 130 Å². The maximum atomic E-state index is 6.17. The predicted octanol–water partition coefficient (Wildman–Crippen LogP) is 2.58. The molecule has 8 N–H and O–H groups in total. The van der Waals surface area contributed by atoms with Crippen molar-refractivity contribution >= 4 is 44.6 Å². The number of nitrogens with two attached hydrogens (primary N) is 4. The molecule has 0 aliphatic carbocycles. The third-order valence-electron chi connectivity index (χ3n) is 4.05. The van der Waals surface area contributed by atoms with Gasteiger partial charge in [-0.25, -0.2) is 9.97 Å². The summed E-state index contributed by atoms with van der Waals surface area (Å²) in [5, 5.41) is 3.35. The molecular weight excluding hydrogens is 300 g/mol. The minimum absolute atomic E-state index is 0.413. The fourth-order valence-corrected chi connectivity index (χ4v) is 2.87. The SMILES string of the molecule is Nc1[c]cc2c(N)nc(-c3cc(N)c4ccnc(N)c4c3)cc2c1. The number of benzene rings is 2. The van der Waals surface area contributed by atoms with Gasteiger partial charge in [-0.3, -0.25) is 0 Å². The van der Waals surface area contributed by atoms with Gasteiger partial charge >= 0.3 is 0 Å². The van der Waals surface area contributed by atoms with Crippen LogP contribution in [0.3, 0.4) is 0 Å². The molecule has 117 valence electrons. The van der Waals surface area contributed by atoms with Gasteiger partial charge in [-0.2, -0.15) is 0 Å². The number of fused-ring (bicyclic) bond motifs is 2. The fraction of sp³-hybridized carbons (Fsp3) is 0. The van der Waals surface area contributed by atoms with Gasteiger partial charge in [0.2, 0.25) is 0 Å². The molecule has 0 saturated heterocycles. The van der Waals surface area contributed by atoms with Gasteiger partial charge in [0.05, 0.1) is 5.69 Å². The molecule has 0 fully saturated rings. The van der Waals surface area contributed by atoms with Crippen LogP contribution < -0.4 is 22.9 Å². The summed E-state index contributed by atoms with van der Waals surface area (Å²) >= 11 is 0. The number of nitrogens with zero attached hydrogens (tertiary/aromatic N) is 2. The molecule has 6 heteroatoms. The van der Waals surface area contributed by atoms with Crippen molar-refractivity contribution in [1.82, 2.24) is 9.97 Å². The van der Waals surface area contributed by atoms with Gasteiger partial charge in [0.25, 0.3) is 0 Å². The zero-order valence-electron chi connectivity index (χ0n) is 12.7. The van der Waals surface area contributed by atoms with Crippen molar-refractivity contribution in [3.8, 4) is 11.3 Å². The third-order valence-corrected chi connectivity index (χ3v) is 4.05. The van der Waals surface area contributed by atoms with Crippen LogP contribution in [0.4, 0.5) is 23.0 Å². The molecule has 4 aromatic rings. The first-order chi connectivity index (χ1) is 11.5. The summed E-state index contributed by atoms with van der Waals surface area (Å²) < 4.78 is 0. The van der Waals surface area contributed by atoms with Gasteiger partial charge in [0.15, 0.2) is 0 Å². The van der Waals surface area contributed by atoms with E-state index in [1.807, 2.05) is 30.3 Å². The molecule has 4 rings (SSSR count). The van der Waals surface area contributed by atoms with E-state index in [1.54, 1.807) is 12.3 Å². The molecule has 24 heavy (non-hydrogen) atoms. The van der Waals surface area contributed by atoms with Crippen LogP contribution in [0.1, 0.15) is 0 Å². The smallest absolute Gasteiger partial charge is 0.132 e. The molecule has 0 bridgehead atoms. The maximum Gasteiger partial charge on any atom is 0.132 e. The van der Waals surface area contributed by atoms with E-state index in [9.17, 15) is 0 Å². The van der Waals surface area contributed by atoms with Crippen molar-refractivity contribution in [3.05, 3.63) is 48.7 Å². The normalized spacial score (nSPS) is 11.2. The first-order valence-corrected chi connectivity index (χ1v) is 7.34. The summed E-state index contributed by atoms with van der Waals surface area (Å²) in [4.78, 5) is 8.60. The van der Waals surface area contributed by atoms with Gasteiger partial charge in [-0.1, -0.05) is 0 Å². The summed E-state index contributed by atoms with van der Waals surface area (Å²) in [6.45, 7) is 0. The molecule has 0 amide bonds. The minimum atomic E-state index is 0.413. The number of aromatic nitrogens is 2. The highest BCUT2D eigenvalue weighted by atomic mass is 14.8. The number of rotatable bonds is 1. The molecule has 1 radical (unpaired) electrons. The van der Waals surface area contributed by atoms with E-state index < -0.39 is 0 Å². The first-order valence-electron chi connectivity index (χ1n) is 7.34. The molecular formula is C18H15N6. The van der Waals surface area contributed by atoms with E-state index in [-0.39, 0.29) is 0 Å². The van der Waals surface area contributed by atoms with Crippen LogP contribution in [0.25, 0.3) is 32.8 Å². The highest BCUT2D eigenvalue weighted by molar-refractivity contribution is 6.02. The Morgan fingerprint density at radius 2 is 1.67 bits per heavy atom. The molecule has 2 heterocycles. The molecule has 6 nitrogen and oxygen atoms in total. The van der Waals surface area contributed by atoms with E-state index in [0.29, 0.717) is 28.7 Å². The second kappa shape index (κ2) is 4.99. The standard InChI is InChI=1S/C18H15N6/c19-11-1-2-12-9(5-11)8-16(24-18(12)22)10-6-14-13(15(20)7-10)3-4-23-17(14)21/h2-8H,19-20H2,(H2,21,23)(H2,22,24). The monoisotopic (exact) mass is 315 g/mol. The van der Waals surface area contributed by atoms with Gasteiger partial charge in [-0.05, 0) is 41.8 Å². The lowest BCUT2D eigenvalue weighted by atomic mass is 10.0. The molecule has 0 saturated carbocycles. The van der Waals surface area contributed by atoms with E-state index in [2.05, 4.69) is 16.0 Å². The quantitative estimate of drug-likeness (QED) is 0.399. The van der Waals surface area contributed by atoms with Crippen molar-refractivity contribution in [3.63, 3.8) is 0 Å². The minimum Gasteiger partial charge on any atom is -0.398 e. The Morgan fingerprint density at radius 3 is 2.50 bits per heavy atom. The Labute approximate surface area is 138 Å². The Bertz CT molecular complexity index is 1100. The van der Waals surface area contributed by atoms with Crippen LogP contribution >= 0.6 is 0 Å². The van der Waals surface area contributed by atoms with Crippen molar-refractivity contribution in [2.45, 2.75) is 0 Å².